The van der Waals surface area contributed by atoms with Crippen LogP contribution in [0.3, 0.4) is 0 Å². The molecule has 1 aromatic rings. The molecule has 4 heterocycles. The molecule has 6 nitrogen and oxygen atoms in total. The maximum Gasteiger partial charge on any atom is 0.252 e. The monoisotopic (exact) mass is 439 g/mol. The number of hydrogen-bond donors (Lipinski definition) is 0. The topological polar surface area (TPSA) is 45.2 Å². The summed E-state index contributed by atoms with van der Waals surface area (Å²) in [6.07, 6.45) is 8.77. The molecule has 0 N–H and O–H groups in total. The van der Waals surface area contributed by atoms with Crippen LogP contribution in [0.2, 0.25) is 0 Å². The molecule has 1 amide bonds. The van der Waals surface area contributed by atoms with Crippen LogP contribution >= 0.6 is 8.58 Å². The van der Waals surface area contributed by atoms with Crippen molar-refractivity contribution in [1.82, 2.24) is 14.7 Å². The maximum absolute atomic E-state index is 13.1. The Morgan fingerprint density at radius 2 is 1.90 bits per heavy atom. The molecule has 2 fully saturated rings. The van der Waals surface area contributed by atoms with Crippen molar-refractivity contribution in [1.29, 1.82) is 0 Å². The molecule has 0 aromatic heterocycles. The molecular formula is C24H30N3O3P. The number of fused-ring (bicyclic) bond motifs is 2. The van der Waals surface area contributed by atoms with Crippen LogP contribution in [0.1, 0.15) is 25.3 Å². The number of nitrogens with zero attached hydrogens (tertiary/aromatic N) is 3. The van der Waals surface area contributed by atoms with Crippen LogP contribution in [-0.2, 0) is 4.79 Å². The molecule has 31 heavy (non-hydrogen) atoms. The molecule has 0 spiro atoms. The van der Waals surface area contributed by atoms with Gasteiger partial charge in [0.15, 0.2) is 11.5 Å². The average Bonchev–Trinajstić information content (AvgIpc) is 3.27. The van der Waals surface area contributed by atoms with Crippen LogP contribution in [0.25, 0.3) is 5.31 Å². The van der Waals surface area contributed by atoms with E-state index >= 15 is 0 Å². The van der Waals surface area contributed by atoms with Gasteiger partial charge < -0.3 is 19.3 Å². The Labute approximate surface area is 185 Å². The highest BCUT2D eigenvalue weighted by Gasteiger charge is 2.35. The van der Waals surface area contributed by atoms with E-state index in [0.717, 1.165) is 30.5 Å². The van der Waals surface area contributed by atoms with Gasteiger partial charge in [-0.25, -0.2) is 0 Å². The molecule has 5 rings (SSSR count). The highest BCUT2D eigenvalue weighted by Crippen LogP contribution is 2.48. The van der Waals surface area contributed by atoms with Crippen molar-refractivity contribution in [3.63, 3.8) is 0 Å². The van der Waals surface area contributed by atoms with Gasteiger partial charge in [0.1, 0.15) is 0 Å². The minimum Gasteiger partial charge on any atom is -0.493 e. The lowest BCUT2D eigenvalue weighted by Gasteiger charge is -2.43. The van der Waals surface area contributed by atoms with Crippen molar-refractivity contribution in [3.05, 3.63) is 53.4 Å². The summed E-state index contributed by atoms with van der Waals surface area (Å²) in [5.41, 5.74) is 3.45. The summed E-state index contributed by atoms with van der Waals surface area (Å²) < 4.78 is 10.8. The lowest BCUT2D eigenvalue weighted by atomic mass is 10.1. The van der Waals surface area contributed by atoms with Crippen LogP contribution in [0.15, 0.2) is 47.8 Å². The first kappa shape index (κ1) is 20.6. The van der Waals surface area contributed by atoms with E-state index in [0.29, 0.717) is 26.1 Å². The molecule has 0 saturated carbocycles. The van der Waals surface area contributed by atoms with Gasteiger partial charge in [0.25, 0.3) is 5.91 Å². The summed E-state index contributed by atoms with van der Waals surface area (Å²) in [6.45, 7) is 6.63. The molecule has 0 bridgehead atoms. The fraction of sp³-hybridized carbons (Fsp3) is 0.458. The van der Waals surface area contributed by atoms with Gasteiger partial charge in [0, 0.05) is 38.0 Å². The van der Waals surface area contributed by atoms with E-state index in [1.807, 2.05) is 23.1 Å². The Bertz CT molecular complexity index is 986. The molecule has 7 heteroatoms. The maximum atomic E-state index is 13.1. The fourth-order valence-corrected chi connectivity index (χ4v) is 6.59. The average molecular weight is 439 g/mol. The zero-order valence-electron chi connectivity index (χ0n) is 18.4. The Morgan fingerprint density at radius 3 is 2.71 bits per heavy atom. The third kappa shape index (κ3) is 3.77. The van der Waals surface area contributed by atoms with Crippen molar-refractivity contribution in [2.45, 2.75) is 31.6 Å². The second kappa shape index (κ2) is 8.33. The van der Waals surface area contributed by atoms with E-state index in [-0.39, 0.29) is 11.7 Å². The van der Waals surface area contributed by atoms with Crippen molar-refractivity contribution >= 4 is 19.8 Å². The van der Waals surface area contributed by atoms with Crippen LogP contribution in [0.4, 0.5) is 0 Å². The number of carbonyl (C=O) groups excluding carboxylic acids is 1. The van der Waals surface area contributed by atoms with Crippen LogP contribution in [0.5, 0.6) is 11.5 Å². The molecule has 3 atom stereocenters. The van der Waals surface area contributed by atoms with Gasteiger partial charge in [-0.15, -0.1) is 0 Å². The van der Waals surface area contributed by atoms with Crippen molar-refractivity contribution in [2.24, 2.45) is 0 Å². The first-order valence-electron chi connectivity index (χ1n) is 11.0. The minimum atomic E-state index is 0.0537. The molecule has 0 aliphatic carbocycles. The smallest absolute Gasteiger partial charge is 0.252 e. The molecule has 1 aromatic carbocycles. The molecule has 2 saturated heterocycles. The van der Waals surface area contributed by atoms with E-state index in [1.165, 1.54) is 30.7 Å². The number of amides is 1. The number of methoxy groups -OCH3 is 2. The second-order valence-corrected chi connectivity index (χ2v) is 10.0. The van der Waals surface area contributed by atoms with Gasteiger partial charge in [0.05, 0.1) is 25.7 Å². The standard InChI is InChI=1S/C24H30N3O3P/c1-16-11-19(26-10-9-25-8-4-5-18(25)14-26)15-27-23(28)13-22(31-24(16)27)17-6-7-20(29-2)21(12-17)30-3/h6-7,11-13,15,18,24,31H,4-5,8-10,14H2,1-3H3/t18-,24?/m1/s1. The molecular weight excluding hydrogens is 409 g/mol. The Balaban J connectivity index is 1.39. The molecule has 4 aliphatic rings. The lowest BCUT2D eigenvalue weighted by molar-refractivity contribution is -0.124. The molecule has 4 aliphatic heterocycles. The van der Waals surface area contributed by atoms with Crippen LogP contribution in [-0.4, -0.2) is 72.8 Å². The number of piperazine rings is 1. The predicted octanol–water partition coefficient (Wildman–Crippen LogP) is 3.47. The summed E-state index contributed by atoms with van der Waals surface area (Å²) in [5.74, 6) is 1.53. The first-order valence-corrected chi connectivity index (χ1v) is 12.1. The van der Waals surface area contributed by atoms with Crippen LogP contribution in [0, 0.1) is 0 Å². The molecule has 164 valence electrons. The second-order valence-electron chi connectivity index (χ2n) is 8.64. The zero-order valence-corrected chi connectivity index (χ0v) is 19.4. The quantitative estimate of drug-likeness (QED) is 0.673. The van der Waals surface area contributed by atoms with Crippen molar-refractivity contribution in [3.8, 4) is 11.5 Å². The summed E-state index contributed by atoms with van der Waals surface area (Å²) in [7, 11) is 3.76. The number of rotatable bonds is 4. The third-order valence-electron chi connectivity index (χ3n) is 6.82. The number of ether oxygens (including phenoxy) is 2. The normalized spacial score (nSPS) is 26.8. The third-order valence-corrected chi connectivity index (χ3v) is 8.57. The Morgan fingerprint density at radius 1 is 1.06 bits per heavy atom. The zero-order chi connectivity index (χ0) is 21.5. The van der Waals surface area contributed by atoms with E-state index in [4.69, 9.17) is 9.47 Å². The van der Waals surface area contributed by atoms with Crippen molar-refractivity contribution < 1.29 is 14.3 Å². The minimum absolute atomic E-state index is 0.0537. The molecule has 0 radical (unpaired) electrons. The van der Waals surface area contributed by atoms with Gasteiger partial charge in [0.2, 0.25) is 0 Å². The van der Waals surface area contributed by atoms with Gasteiger partial charge >= 0.3 is 0 Å². The summed E-state index contributed by atoms with van der Waals surface area (Å²) >= 11 is 0. The van der Waals surface area contributed by atoms with Gasteiger partial charge in [-0.3, -0.25) is 9.69 Å². The van der Waals surface area contributed by atoms with Gasteiger partial charge in [-0.2, -0.15) is 0 Å². The predicted molar refractivity (Wildman–Crippen MR) is 124 cm³/mol. The van der Waals surface area contributed by atoms with Crippen molar-refractivity contribution in [2.75, 3.05) is 40.4 Å². The highest BCUT2D eigenvalue weighted by molar-refractivity contribution is 7.51. The number of hydrogen-bond acceptors (Lipinski definition) is 5. The van der Waals surface area contributed by atoms with Gasteiger partial charge in [-0.05, 0) is 61.0 Å². The Kier molecular flexibility index (Phi) is 5.53. The van der Waals surface area contributed by atoms with Gasteiger partial charge in [-0.1, -0.05) is 14.6 Å². The number of benzene rings is 1. The fourth-order valence-electron chi connectivity index (χ4n) is 5.12. The largest absolute Gasteiger partial charge is 0.493 e. The highest BCUT2D eigenvalue weighted by atomic mass is 31.1. The molecule has 2 unspecified atom stereocenters. The first-order chi connectivity index (χ1) is 15.1. The van der Waals surface area contributed by atoms with E-state index in [2.05, 4.69) is 29.0 Å². The van der Waals surface area contributed by atoms with E-state index in [9.17, 15) is 4.79 Å². The summed E-state index contributed by atoms with van der Waals surface area (Å²) in [5, 5.41) is 1.07. The van der Waals surface area contributed by atoms with E-state index < -0.39 is 0 Å². The number of allylic oxidation sites excluding steroid dienone is 1. The summed E-state index contributed by atoms with van der Waals surface area (Å²) in [6, 6.07) is 6.54. The SMILES string of the molecule is COc1ccc(C2=CC(=O)N3C=C(N4CCN5CCC[C@@H]5C4)C=C(C)C3P2)cc1OC. The van der Waals surface area contributed by atoms with E-state index in [1.54, 1.807) is 20.3 Å². The summed E-state index contributed by atoms with van der Waals surface area (Å²) in [4.78, 5) is 20.2. The Hall–Kier alpha value is -2.30. The van der Waals surface area contributed by atoms with Crippen LogP contribution < -0.4 is 9.47 Å². The number of carbonyl (C=O) groups is 1. The lowest BCUT2D eigenvalue weighted by Crippen LogP contribution is -2.50.